The molecule has 0 aromatic heterocycles. The van der Waals surface area contributed by atoms with Crippen molar-refractivity contribution < 1.29 is 13.9 Å². The first-order valence-electron chi connectivity index (χ1n) is 3.55. The second-order valence-corrected chi connectivity index (χ2v) is 2.40. The zero-order chi connectivity index (χ0) is 9.84. The van der Waals surface area contributed by atoms with Crippen molar-refractivity contribution in [2.75, 3.05) is 18.1 Å². The van der Waals surface area contributed by atoms with Gasteiger partial charge in [-0.15, -0.1) is 0 Å². The number of anilines is 2. The maximum atomic E-state index is 11.7. The monoisotopic (exact) mass is 184 g/mol. The number of rotatable bonds is 2. The smallest absolute Gasteiger partial charge is 0.343 e. The summed E-state index contributed by atoms with van der Waals surface area (Å²) in [6.45, 7) is -1.18. The van der Waals surface area contributed by atoms with Gasteiger partial charge in [0.1, 0.15) is 0 Å². The van der Waals surface area contributed by atoms with Crippen LogP contribution in [0.1, 0.15) is 0 Å². The Labute approximate surface area is 74.3 Å². The van der Waals surface area contributed by atoms with Crippen LogP contribution in [0.4, 0.5) is 15.8 Å². The number of nitrogens with two attached hydrogens (primary N) is 2. The van der Waals surface area contributed by atoms with Crippen LogP contribution in [0.15, 0.2) is 18.2 Å². The molecule has 0 saturated heterocycles. The molecule has 0 spiro atoms. The average molecular weight is 184 g/mol. The minimum atomic E-state index is -1.18. The fourth-order valence-corrected chi connectivity index (χ4v) is 0.810. The SMILES string of the molecule is Nc1ccc(OC(=O)CF)c(N)c1. The van der Waals surface area contributed by atoms with Crippen LogP contribution in [0.2, 0.25) is 0 Å². The van der Waals surface area contributed by atoms with E-state index in [2.05, 4.69) is 4.74 Å². The lowest BCUT2D eigenvalue weighted by atomic mass is 10.2. The van der Waals surface area contributed by atoms with E-state index in [0.717, 1.165) is 0 Å². The summed E-state index contributed by atoms with van der Waals surface area (Å²) in [6, 6.07) is 4.36. The summed E-state index contributed by atoms with van der Waals surface area (Å²) in [5, 5.41) is 0. The molecule has 13 heavy (non-hydrogen) atoms. The van der Waals surface area contributed by atoms with E-state index < -0.39 is 12.6 Å². The summed E-state index contributed by atoms with van der Waals surface area (Å²) in [5.41, 5.74) is 11.5. The number of nitrogen functional groups attached to an aromatic ring is 2. The molecule has 0 radical (unpaired) electrons. The van der Waals surface area contributed by atoms with Crippen LogP contribution >= 0.6 is 0 Å². The molecule has 0 atom stereocenters. The van der Waals surface area contributed by atoms with Crippen molar-refractivity contribution in [3.05, 3.63) is 18.2 Å². The number of benzene rings is 1. The van der Waals surface area contributed by atoms with Crippen molar-refractivity contribution in [3.8, 4) is 5.75 Å². The highest BCUT2D eigenvalue weighted by atomic mass is 19.1. The predicted molar refractivity (Wildman–Crippen MR) is 46.9 cm³/mol. The number of halogens is 1. The third-order valence-electron chi connectivity index (χ3n) is 1.37. The molecule has 0 aliphatic rings. The van der Waals surface area contributed by atoms with E-state index in [1.165, 1.54) is 18.2 Å². The van der Waals surface area contributed by atoms with Gasteiger partial charge in [0.2, 0.25) is 0 Å². The fraction of sp³-hybridized carbons (Fsp3) is 0.125. The second-order valence-electron chi connectivity index (χ2n) is 2.40. The van der Waals surface area contributed by atoms with E-state index in [4.69, 9.17) is 11.5 Å². The van der Waals surface area contributed by atoms with E-state index in [9.17, 15) is 9.18 Å². The lowest BCUT2D eigenvalue weighted by Crippen LogP contribution is -2.10. The Morgan fingerprint density at radius 2 is 2.15 bits per heavy atom. The van der Waals surface area contributed by atoms with Gasteiger partial charge in [0.15, 0.2) is 12.4 Å². The molecule has 4 N–H and O–H groups in total. The van der Waals surface area contributed by atoms with E-state index in [0.29, 0.717) is 5.69 Å². The van der Waals surface area contributed by atoms with Gasteiger partial charge >= 0.3 is 5.97 Å². The van der Waals surface area contributed by atoms with Gasteiger partial charge < -0.3 is 16.2 Å². The first-order chi connectivity index (χ1) is 6.13. The molecule has 0 fully saturated rings. The molecule has 0 aliphatic carbocycles. The molecule has 0 amide bonds. The minimum absolute atomic E-state index is 0.122. The lowest BCUT2D eigenvalue weighted by Gasteiger charge is -2.05. The van der Waals surface area contributed by atoms with Crippen molar-refractivity contribution in [1.29, 1.82) is 0 Å². The Kier molecular flexibility index (Phi) is 2.69. The largest absolute Gasteiger partial charge is 0.422 e. The summed E-state index contributed by atoms with van der Waals surface area (Å²) < 4.78 is 16.3. The van der Waals surface area contributed by atoms with Crippen molar-refractivity contribution in [2.45, 2.75) is 0 Å². The summed E-state index contributed by atoms with van der Waals surface area (Å²) in [4.78, 5) is 10.5. The van der Waals surface area contributed by atoms with Crippen LogP contribution in [0.25, 0.3) is 0 Å². The highest BCUT2D eigenvalue weighted by molar-refractivity contribution is 5.76. The topological polar surface area (TPSA) is 78.3 Å². The normalized spacial score (nSPS) is 9.62. The van der Waals surface area contributed by atoms with Crippen LogP contribution < -0.4 is 16.2 Å². The maximum absolute atomic E-state index is 11.7. The third kappa shape index (κ3) is 2.33. The zero-order valence-electron chi connectivity index (χ0n) is 6.79. The quantitative estimate of drug-likeness (QED) is 0.403. The molecular formula is C8H9FN2O2. The molecule has 0 bridgehead atoms. The van der Waals surface area contributed by atoms with Gasteiger partial charge in [0.25, 0.3) is 0 Å². The zero-order valence-corrected chi connectivity index (χ0v) is 6.79. The van der Waals surface area contributed by atoms with Crippen molar-refractivity contribution in [1.82, 2.24) is 0 Å². The van der Waals surface area contributed by atoms with Crippen LogP contribution in [0.5, 0.6) is 5.75 Å². The van der Waals surface area contributed by atoms with Crippen LogP contribution in [-0.4, -0.2) is 12.6 Å². The molecule has 0 unspecified atom stereocenters. The Morgan fingerprint density at radius 3 is 2.69 bits per heavy atom. The predicted octanol–water partition coefficient (Wildman–Crippen LogP) is 0.726. The standard InChI is InChI=1S/C8H9FN2O2/c9-4-8(12)13-7-2-1-5(10)3-6(7)11/h1-3H,4,10-11H2. The molecule has 1 aromatic rings. The Hall–Kier alpha value is -1.78. The molecule has 4 nitrogen and oxygen atoms in total. The van der Waals surface area contributed by atoms with Gasteiger partial charge in [-0.1, -0.05) is 0 Å². The summed E-state index contributed by atoms with van der Waals surface area (Å²) in [5.74, 6) is -0.853. The first kappa shape index (κ1) is 9.31. The van der Waals surface area contributed by atoms with E-state index in [1.54, 1.807) is 0 Å². The molecule has 0 aliphatic heterocycles. The van der Waals surface area contributed by atoms with Gasteiger partial charge in [-0.05, 0) is 18.2 Å². The highest BCUT2D eigenvalue weighted by Crippen LogP contribution is 2.23. The van der Waals surface area contributed by atoms with E-state index in [1.807, 2.05) is 0 Å². The number of esters is 1. The minimum Gasteiger partial charge on any atom is -0.422 e. The molecule has 1 rings (SSSR count). The van der Waals surface area contributed by atoms with Crippen molar-refractivity contribution in [2.24, 2.45) is 0 Å². The van der Waals surface area contributed by atoms with Gasteiger partial charge in [-0.3, -0.25) is 0 Å². The Morgan fingerprint density at radius 1 is 1.46 bits per heavy atom. The molecule has 1 aromatic carbocycles. The number of carbonyl (C=O) groups is 1. The highest BCUT2D eigenvalue weighted by Gasteiger charge is 2.06. The average Bonchev–Trinajstić information content (AvgIpc) is 2.09. The van der Waals surface area contributed by atoms with Gasteiger partial charge in [0.05, 0.1) is 5.69 Å². The first-order valence-corrected chi connectivity index (χ1v) is 3.55. The van der Waals surface area contributed by atoms with Crippen molar-refractivity contribution >= 4 is 17.3 Å². The summed E-state index contributed by atoms with van der Waals surface area (Å²) in [7, 11) is 0. The number of ether oxygens (including phenoxy) is 1. The molecule has 5 heteroatoms. The van der Waals surface area contributed by atoms with Gasteiger partial charge in [-0.2, -0.15) is 0 Å². The lowest BCUT2D eigenvalue weighted by molar-refractivity contribution is -0.135. The van der Waals surface area contributed by atoms with Crippen LogP contribution in [0, 0.1) is 0 Å². The van der Waals surface area contributed by atoms with E-state index in [-0.39, 0.29) is 11.4 Å². The summed E-state index contributed by atoms with van der Waals surface area (Å²) in [6.07, 6.45) is 0. The number of hydrogen-bond acceptors (Lipinski definition) is 4. The van der Waals surface area contributed by atoms with Gasteiger partial charge in [-0.25, -0.2) is 9.18 Å². The second kappa shape index (κ2) is 3.75. The van der Waals surface area contributed by atoms with E-state index >= 15 is 0 Å². The number of hydrogen-bond donors (Lipinski definition) is 2. The Bertz CT molecular complexity index is 328. The molecular weight excluding hydrogens is 175 g/mol. The van der Waals surface area contributed by atoms with Gasteiger partial charge in [0, 0.05) is 5.69 Å². The number of carbonyl (C=O) groups excluding carboxylic acids is 1. The van der Waals surface area contributed by atoms with Crippen molar-refractivity contribution in [3.63, 3.8) is 0 Å². The van der Waals surface area contributed by atoms with Crippen LogP contribution in [0.3, 0.4) is 0 Å². The Balaban J connectivity index is 2.83. The summed E-state index contributed by atoms with van der Waals surface area (Å²) >= 11 is 0. The molecule has 0 saturated carbocycles. The number of alkyl halides is 1. The third-order valence-corrected chi connectivity index (χ3v) is 1.37. The fourth-order valence-electron chi connectivity index (χ4n) is 0.810. The molecule has 0 heterocycles. The molecule has 70 valence electrons. The van der Waals surface area contributed by atoms with Crippen LogP contribution in [-0.2, 0) is 4.79 Å². The maximum Gasteiger partial charge on any atom is 0.343 e.